The minimum Gasteiger partial charge on any atom is -0.498 e. The van der Waals surface area contributed by atoms with E-state index in [2.05, 4.69) is 15.5 Å². The van der Waals surface area contributed by atoms with Crippen molar-refractivity contribution in [1.82, 2.24) is 4.90 Å². The van der Waals surface area contributed by atoms with E-state index < -0.39 is 10.6 Å². The number of piperidine rings is 1. The van der Waals surface area contributed by atoms with Gasteiger partial charge in [-0.3, -0.25) is 4.90 Å². The summed E-state index contributed by atoms with van der Waals surface area (Å²) in [5, 5.41) is 17.7. The first-order valence-corrected chi connectivity index (χ1v) is 14.4. The summed E-state index contributed by atoms with van der Waals surface area (Å²) >= 11 is 0. The van der Waals surface area contributed by atoms with Gasteiger partial charge < -0.3 is 30.2 Å². The number of nitrogens with zero attached hydrogens (tertiary/aromatic N) is 3. The van der Waals surface area contributed by atoms with Gasteiger partial charge in [-0.05, 0) is 99.9 Å². The normalized spacial score (nSPS) is 20.6. The van der Waals surface area contributed by atoms with Crippen LogP contribution in [0.25, 0.3) is 0 Å². The Bertz CT molecular complexity index is 1190. The minimum atomic E-state index is -1.30. The van der Waals surface area contributed by atoms with E-state index in [-0.39, 0.29) is 18.1 Å². The van der Waals surface area contributed by atoms with Gasteiger partial charge in [-0.15, -0.1) is 0 Å². The van der Waals surface area contributed by atoms with Crippen molar-refractivity contribution in [3.63, 3.8) is 0 Å². The van der Waals surface area contributed by atoms with Crippen molar-refractivity contribution in [2.45, 2.75) is 63.5 Å². The lowest BCUT2D eigenvalue weighted by Crippen LogP contribution is -2.68. The maximum absolute atomic E-state index is 13.3. The quantitative estimate of drug-likeness (QED) is 0.508. The van der Waals surface area contributed by atoms with Gasteiger partial charge in [-0.2, -0.15) is 4.48 Å². The van der Waals surface area contributed by atoms with E-state index >= 15 is 0 Å². The zero-order valence-corrected chi connectivity index (χ0v) is 23.1. The number of likely N-dealkylation sites (N-methyl/N-ethyl adjacent to an activating group) is 1. The van der Waals surface area contributed by atoms with Crippen LogP contribution < -0.4 is 25.4 Å². The summed E-state index contributed by atoms with van der Waals surface area (Å²) < 4.78 is 5.38. The lowest BCUT2D eigenvalue weighted by Gasteiger charge is -2.41. The van der Waals surface area contributed by atoms with Crippen LogP contribution in [0.4, 0.5) is 31.4 Å². The van der Waals surface area contributed by atoms with Crippen LogP contribution in [0, 0.1) is 0 Å². The third-order valence-corrected chi connectivity index (χ3v) is 8.52. The highest BCUT2D eigenvalue weighted by atomic mass is 16.5. The molecule has 2 heterocycles. The smallest absolute Gasteiger partial charge is 0.425 e. The van der Waals surface area contributed by atoms with Crippen LogP contribution in [0.1, 0.15) is 51.4 Å². The Labute approximate surface area is 235 Å². The lowest BCUT2D eigenvalue weighted by atomic mass is 10.1. The third-order valence-electron chi connectivity index (χ3n) is 8.52. The van der Waals surface area contributed by atoms with E-state index in [0.717, 1.165) is 43.7 Å². The number of benzene rings is 2. The van der Waals surface area contributed by atoms with Crippen molar-refractivity contribution in [2.75, 3.05) is 48.8 Å². The molecular weight excluding hydrogens is 510 g/mol. The molecule has 0 spiro atoms. The molecule has 0 unspecified atom stereocenters. The number of imide groups is 1. The van der Waals surface area contributed by atoms with Crippen molar-refractivity contribution in [3.05, 3.63) is 48.5 Å². The molecule has 40 heavy (non-hydrogen) atoms. The van der Waals surface area contributed by atoms with Gasteiger partial charge >= 0.3 is 12.1 Å². The Morgan fingerprint density at radius 2 is 1.48 bits per heavy atom. The number of likely N-dealkylation sites (tertiary alicyclic amines) is 1. The first kappa shape index (κ1) is 27.8. The number of urea groups is 2. The van der Waals surface area contributed by atoms with Gasteiger partial charge in [0.15, 0.2) is 0 Å². The highest BCUT2D eigenvalue weighted by Gasteiger charge is 2.45. The van der Waals surface area contributed by atoms with E-state index in [1.807, 2.05) is 48.5 Å². The molecule has 5 rings (SSSR count). The standard InChI is InChI=1S/C30H39N5O5/c1-33(29(37)35(30(38)39)19-5-2-6-20-35)25-17-18-34(21-25)24-13-9-22(10-14-24)31-28(36)32-23-11-15-27(16-12-23)40-26-7-3-4-8-26/h9-16,25-26H,2-8,17-21H2,1H3,(H2-,31,32,36,38,39)/t25-/m0/s1. The lowest BCUT2D eigenvalue weighted by molar-refractivity contribution is -0.809. The predicted molar refractivity (Wildman–Crippen MR) is 151 cm³/mol. The number of quaternary nitrogens is 1. The van der Waals surface area contributed by atoms with Gasteiger partial charge in [-0.25, -0.2) is 9.59 Å². The Hall–Kier alpha value is -3.79. The summed E-state index contributed by atoms with van der Waals surface area (Å²) in [5.74, 6) is 0.819. The minimum absolute atomic E-state index is 0.0812. The molecule has 0 aromatic heterocycles. The molecule has 214 valence electrons. The fourth-order valence-corrected chi connectivity index (χ4v) is 6.12. The molecule has 5 amide bonds. The average molecular weight is 550 g/mol. The van der Waals surface area contributed by atoms with E-state index in [9.17, 15) is 19.5 Å². The SMILES string of the molecule is CN(C(=O)[N+]1(C(=O)[O-])CCCCC1)[C@H]1CCN(c2ccc(NC(=O)Nc3ccc(OC4CCCC4)cc3)cc2)C1. The topological polar surface area (TPSA) is 114 Å². The molecule has 1 atom stereocenters. The van der Waals surface area contributed by atoms with Gasteiger partial charge in [0.05, 0.1) is 25.2 Å². The van der Waals surface area contributed by atoms with Crippen LogP contribution in [0.5, 0.6) is 5.75 Å². The second-order valence-electron chi connectivity index (χ2n) is 11.2. The Morgan fingerprint density at radius 1 is 0.875 bits per heavy atom. The zero-order valence-electron chi connectivity index (χ0n) is 23.1. The molecule has 1 saturated carbocycles. The molecule has 3 fully saturated rings. The fourth-order valence-electron chi connectivity index (χ4n) is 6.12. The molecule has 0 radical (unpaired) electrons. The van der Waals surface area contributed by atoms with E-state index in [1.54, 1.807) is 11.9 Å². The average Bonchev–Trinajstić information content (AvgIpc) is 3.67. The molecule has 1 aliphatic carbocycles. The predicted octanol–water partition coefficient (Wildman–Crippen LogP) is 4.63. The molecule has 10 heteroatoms. The number of anilines is 3. The molecule has 3 aliphatic rings. The van der Waals surface area contributed by atoms with Crippen LogP contribution in [-0.2, 0) is 0 Å². The number of nitrogens with one attached hydrogen (secondary N) is 2. The van der Waals surface area contributed by atoms with Crippen LogP contribution in [0.2, 0.25) is 0 Å². The second-order valence-corrected chi connectivity index (χ2v) is 11.2. The number of carboxylic acid groups (broad SMARTS) is 1. The van der Waals surface area contributed by atoms with E-state index in [4.69, 9.17) is 4.74 Å². The largest absolute Gasteiger partial charge is 0.498 e. The maximum atomic E-state index is 13.3. The van der Waals surface area contributed by atoms with Crippen molar-refractivity contribution in [3.8, 4) is 5.75 Å². The number of rotatable bonds is 6. The van der Waals surface area contributed by atoms with E-state index in [0.29, 0.717) is 50.0 Å². The summed E-state index contributed by atoms with van der Waals surface area (Å²) in [4.78, 5) is 41.5. The van der Waals surface area contributed by atoms with Gasteiger partial charge in [0.1, 0.15) is 5.75 Å². The fraction of sp³-hybridized carbons (Fsp3) is 0.500. The molecule has 2 saturated heterocycles. The van der Waals surface area contributed by atoms with Gasteiger partial charge in [0.25, 0.3) is 6.09 Å². The van der Waals surface area contributed by atoms with Gasteiger partial charge in [-0.1, -0.05) is 0 Å². The summed E-state index contributed by atoms with van der Waals surface area (Å²) in [6, 6.07) is 14.2. The van der Waals surface area contributed by atoms with Gasteiger partial charge in [0, 0.05) is 37.2 Å². The second kappa shape index (κ2) is 12.2. The first-order valence-electron chi connectivity index (χ1n) is 14.4. The molecule has 2 aliphatic heterocycles. The number of ether oxygens (including phenoxy) is 1. The summed E-state index contributed by atoms with van der Waals surface area (Å²) in [5.41, 5.74) is 2.33. The Morgan fingerprint density at radius 3 is 2.08 bits per heavy atom. The number of hydrogen-bond acceptors (Lipinski definition) is 6. The molecule has 10 nitrogen and oxygen atoms in total. The highest BCUT2D eigenvalue weighted by Crippen LogP contribution is 2.28. The molecular formula is C30H39N5O5. The molecule has 2 N–H and O–H groups in total. The third kappa shape index (κ3) is 6.17. The summed E-state index contributed by atoms with van der Waals surface area (Å²) in [6.07, 6.45) is 6.74. The summed E-state index contributed by atoms with van der Waals surface area (Å²) in [7, 11) is 1.70. The number of carbonyl (C=O) groups is 3. The first-order chi connectivity index (χ1) is 19.3. The summed E-state index contributed by atoms with van der Waals surface area (Å²) in [6.45, 7) is 1.96. The van der Waals surface area contributed by atoms with Crippen LogP contribution in [-0.4, -0.2) is 72.9 Å². The van der Waals surface area contributed by atoms with Crippen molar-refractivity contribution >= 4 is 35.2 Å². The van der Waals surface area contributed by atoms with E-state index in [1.165, 1.54) is 12.8 Å². The molecule has 2 aromatic carbocycles. The molecule has 2 aromatic rings. The maximum Gasteiger partial charge on any atom is 0.425 e. The Kier molecular flexibility index (Phi) is 8.44. The van der Waals surface area contributed by atoms with Crippen molar-refractivity contribution in [2.24, 2.45) is 0 Å². The monoisotopic (exact) mass is 549 g/mol. The zero-order chi connectivity index (χ0) is 28.1. The van der Waals surface area contributed by atoms with Crippen LogP contribution in [0.15, 0.2) is 48.5 Å². The van der Waals surface area contributed by atoms with Gasteiger partial charge in [0.2, 0.25) is 0 Å². The highest BCUT2D eigenvalue weighted by molar-refractivity contribution is 5.99. The Balaban J connectivity index is 1.11. The van der Waals surface area contributed by atoms with Crippen molar-refractivity contribution < 1.29 is 28.7 Å². The van der Waals surface area contributed by atoms with Crippen molar-refractivity contribution in [1.29, 1.82) is 0 Å². The van der Waals surface area contributed by atoms with Crippen LogP contribution >= 0.6 is 0 Å². The molecule has 0 bridgehead atoms. The number of carbonyl (C=O) groups excluding carboxylic acids is 3. The number of amides is 5. The van der Waals surface area contributed by atoms with Crippen LogP contribution in [0.3, 0.4) is 0 Å². The number of hydrogen-bond donors (Lipinski definition) is 2.